The molecule has 1 amide bonds. The number of likely N-dealkylation sites (N-methyl/N-ethyl adjacent to an activating group) is 1. The van der Waals surface area contributed by atoms with Gasteiger partial charge in [0.25, 0.3) is 0 Å². The number of aliphatic hydroxyl groups is 1. The smallest absolute Gasteiger partial charge is 0.236 e. The summed E-state index contributed by atoms with van der Waals surface area (Å²) in [4.78, 5) is 15.5. The Labute approximate surface area is 117 Å². The highest BCUT2D eigenvalue weighted by Crippen LogP contribution is 2.10. The third kappa shape index (κ3) is 6.89. The van der Waals surface area contributed by atoms with Crippen LogP contribution in [-0.4, -0.2) is 73.7 Å². The number of piperidine rings is 1. The second-order valence-electron chi connectivity index (χ2n) is 5.58. The largest absolute Gasteiger partial charge is 0.396 e. The van der Waals surface area contributed by atoms with Crippen LogP contribution in [0.15, 0.2) is 0 Å². The normalized spacial score (nSPS) is 17.6. The molecular weight excluding hydrogens is 242 g/mol. The van der Waals surface area contributed by atoms with Crippen molar-refractivity contribution in [3.05, 3.63) is 0 Å². The first kappa shape index (κ1) is 16.4. The maximum absolute atomic E-state index is 11.6. The zero-order valence-corrected chi connectivity index (χ0v) is 12.4. The third-order valence-corrected chi connectivity index (χ3v) is 3.71. The molecule has 0 aromatic rings. The van der Waals surface area contributed by atoms with Gasteiger partial charge in [0.1, 0.15) is 0 Å². The van der Waals surface area contributed by atoms with Gasteiger partial charge in [0.05, 0.1) is 6.54 Å². The lowest BCUT2D eigenvalue weighted by atomic mass is 10.0. The molecule has 1 aliphatic rings. The Morgan fingerprint density at radius 3 is 2.53 bits per heavy atom. The van der Waals surface area contributed by atoms with Gasteiger partial charge >= 0.3 is 0 Å². The summed E-state index contributed by atoms with van der Waals surface area (Å²) in [7, 11) is 3.62. The number of hydrogen-bond donors (Lipinski definition) is 2. The van der Waals surface area contributed by atoms with Crippen LogP contribution in [0.25, 0.3) is 0 Å². The van der Waals surface area contributed by atoms with Crippen LogP contribution in [0.4, 0.5) is 0 Å². The summed E-state index contributed by atoms with van der Waals surface area (Å²) >= 11 is 0. The van der Waals surface area contributed by atoms with E-state index in [0.29, 0.717) is 19.2 Å². The van der Waals surface area contributed by atoms with Crippen molar-refractivity contribution in [1.29, 1.82) is 0 Å². The van der Waals surface area contributed by atoms with E-state index in [1.165, 1.54) is 0 Å². The van der Waals surface area contributed by atoms with Crippen LogP contribution in [-0.2, 0) is 4.79 Å². The average molecular weight is 271 g/mol. The van der Waals surface area contributed by atoms with E-state index in [9.17, 15) is 4.79 Å². The van der Waals surface area contributed by atoms with Gasteiger partial charge in [0.15, 0.2) is 0 Å². The van der Waals surface area contributed by atoms with Crippen molar-refractivity contribution in [3.8, 4) is 0 Å². The number of hydrogen-bond acceptors (Lipinski definition) is 4. The van der Waals surface area contributed by atoms with Crippen molar-refractivity contribution < 1.29 is 9.90 Å². The highest BCUT2D eigenvalue weighted by molar-refractivity contribution is 5.77. The van der Waals surface area contributed by atoms with Gasteiger partial charge in [-0.15, -0.1) is 0 Å². The summed E-state index contributed by atoms with van der Waals surface area (Å²) in [6, 6.07) is 0.597. The fraction of sp³-hybridized carbons (Fsp3) is 0.929. The standard InChI is InChI=1S/C14H29N3O2/c1-16(2)14(19)12-17-9-6-13(7-10-17)15-8-4-3-5-11-18/h13,15,18H,3-12H2,1-2H3. The lowest BCUT2D eigenvalue weighted by molar-refractivity contribution is -0.130. The molecule has 19 heavy (non-hydrogen) atoms. The van der Waals surface area contributed by atoms with Crippen LogP contribution in [0, 0.1) is 0 Å². The Hall–Kier alpha value is -0.650. The van der Waals surface area contributed by atoms with Crippen molar-refractivity contribution >= 4 is 5.91 Å². The van der Waals surface area contributed by atoms with Gasteiger partial charge in [-0.05, 0) is 38.6 Å². The van der Waals surface area contributed by atoms with Crippen molar-refractivity contribution in [2.75, 3.05) is 46.9 Å². The molecule has 1 aliphatic heterocycles. The van der Waals surface area contributed by atoms with Crippen molar-refractivity contribution in [3.63, 3.8) is 0 Å². The molecule has 0 aromatic heterocycles. The first-order valence-electron chi connectivity index (χ1n) is 7.40. The average Bonchev–Trinajstić information content (AvgIpc) is 2.40. The molecule has 1 rings (SSSR count). The van der Waals surface area contributed by atoms with E-state index in [4.69, 9.17) is 5.11 Å². The molecule has 1 fully saturated rings. The molecule has 0 bridgehead atoms. The maximum Gasteiger partial charge on any atom is 0.236 e. The van der Waals surface area contributed by atoms with Crippen LogP contribution in [0.1, 0.15) is 32.1 Å². The molecule has 1 heterocycles. The fourth-order valence-corrected chi connectivity index (χ4v) is 2.35. The molecular formula is C14H29N3O2. The van der Waals surface area contributed by atoms with Crippen LogP contribution in [0.3, 0.4) is 0 Å². The number of rotatable bonds is 8. The van der Waals surface area contributed by atoms with Gasteiger partial charge in [-0.3, -0.25) is 9.69 Å². The van der Waals surface area contributed by atoms with Crippen LogP contribution < -0.4 is 5.32 Å². The minimum absolute atomic E-state index is 0.190. The van der Waals surface area contributed by atoms with Crippen LogP contribution >= 0.6 is 0 Å². The molecule has 5 nitrogen and oxygen atoms in total. The van der Waals surface area contributed by atoms with Crippen LogP contribution in [0.2, 0.25) is 0 Å². The highest BCUT2D eigenvalue weighted by atomic mass is 16.2. The Kier molecular flexibility index (Phi) is 8.02. The number of amides is 1. The third-order valence-electron chi connectivity index (χ3n) is 3.71. The molecule has 5 heteroatoms. The first-order valence-corrected chi connectivity index (χ1v) is 7.40. The minimum Gasteiger partial charge on any atom is -0.396 e. The highest BCUT2D eigenvalue weighted by Gasteiger charge is 2.20. The molecule has 0 spiro atoms. The van der Waals surface area contributed by atoms with Gasteiger partial charge in [-0.2, -0.15) is 0 Å². The number of carbonyl (C=O) groups is 1. The predicted octanol–water partition coefficient (Wildman–Crippen LogP) is 0.291. The van der Waals surface area contributed by atoms with Gasteiger partial charge in [0.2, 0.25) is 5.91 Å². The lowest BCUT2D eigenvalue weighted by Crippen LogP contribution is -2.46. The van der Waals surface area contributed by atoms with Gasteiger partial charge in [-0.25, -0.2) is 0 Å². The lowest BCUT2D eigenvalue weighted by Gasteiger charge is -2.32. The van der Waals surface area contributed by atoms with Crippen molar-refractivity contribution in [2.24, 2.45) is 0 Å². The van der Waals surface area contributed by atoms with E-state index in [1.807, 2.05) is 14.1 Å². The van der Waals surface area contributed by atoms with Crippen LogP contribution in [0.5, 0.6) is 0 Å². The predicted molar refractivity (Wildman–Crippen MR) is 77.1 cm³/mol. The zero-order chi connectivity index (χ0) is 14.1. The number of aliphatic hydroxyl groups excluding tert-OH is 1. The molecule has 0 aromatic carbocycles. The zero-order valence-electron chi connectivity index (χ0n) is 12.4. The monoisotopic (exact) mass is 271 g/mol. The molecule has 1 saturated heterocycles. The second kappa shape index (κ2) is 9.28. The summed E-state index contributed by atoms with van der Waals surface area (Å²) in [5.74, 6) is 0.190. The summed E-state index contributed by atoms with van der Waals surface area (Å²) < 4.78 is 0. The van der Waals surface area contributed by atoms with E-state index < -0.39 is 0 Å². The number of nitrogens with zero attached hydrogens (tertiary/aromatic N) is 2. The quantitative estimate of drug-likeness (QED) is 0.623. The number of carbonyl (C=O) groups excluding carboxylic acids is 1. The Morgan fingerprint density at radius 2 is 1.95 bits per heavy atom. The second-order valence-corrected chi connectivity index (χ2v) is 5.58. The molecule has 112 valence electrons. The van der Waals surface area contributed by atoms with E-state index in [2.05, 4.69) is 10.2 Å². The van der Waals surface area contributed by atoms with E-state index in [1.54, 1.807) is 4.90 Å². The Balaban J connectivity index is 2.07. The number of likely N-dealkylation sites (tertiary alicyclic amines) is 1. The van der Waals surface area contributed by atoms with Gasteiger partial charge in [0, 0.05) is 39.8 Å². The topological polar surface area (TPSA) is 55.8 Å². The van der Waals surface area contributed by atoms with Gasteiger partial charge < -0.3 is 15.3 Å². The van der Waals surface area contributed by atoms with Crippen molar-refractivity contribution in [1.82, 2.24) is 15.1 Å². The van der Waals surface area contributed by atoms with E-state index in [0.717, 1.165) is 51.7 Å². The summed E-state index contributed by atoms with van der Waals surface area (Å²) in [5, 5.41) is 12.3. The molecule has 0 unspecified atom stereocenters. The molecule has 0 atom stereocenters. The van der Waals surface area contributed by atoms with Gasteiger partial charge in [-0.1, -0.05) is 0 Å². The molecule has 0 saturated carbocycles. The fourth-order valence-electron chi connectivity index (χ4n) is 2.35. The molecule has 0 aliphatic carbocycles. The van der Waals surface area contributed by atoms with E-state index >= 15 is 0 Å². The maximum atomic E-state index is 11.6. The summed E-state index contributed by atoms with van der Waals surface area (Å²) in [6.45, 7) is 3.91. The minimum atomic E-state index is 0.190. The Morgan fingerprint density at radius 1 is 1.26 bits per heavy atom. The molecule has 0 radical (unpaired) electrons. The first-order chi connectivity index (χ1) is 9.13. The van der Waals surface area contributed by atoms with E-state index in [-0.39, 0.29) is 5.91 Å². The molecule has 2 N–H and O–H groups in total. The number of unbranched alkanes of at least 4 members (excludes halogenated alkanes) is 2. The number of nitrogens with one attached hydrogen (secondary N) is 1. The summed E-state index contributed by atoms with van der Waals surface area (Å²) in [6.07, 6.45) is 5.40. The summed E-state index contributed by atoms with van der Waals surface area (Å²) in [5.41, 5.74) is 0. The van der Waals surface area contributed by atoms with Crippen molar-refractivity contribution in [2.45, 2.75) is 38.1 Å². The Bertz CT molecular complexity index is 251. The SMILES string of the molecule is CN(C)C(=O)CN1CCC(NCCCCCO)CC1.